The lowest BCUT2D eigenvalue weighted by Crippen LogP contribution is -2.45. The molecule has 0 saturated carbocycles. The second kappa shape index (κ2) is 75.8. The molecule has 0 fully saturated rings. The molecule has 0 bridgehead atoms. The summed E-state index contributed by atoms with van der Waals surface area (Å²) in [6.07, 6.45) is 97.0. The van der Waals surface area contributed by atoms with Gasteiger partial charge in [-0.2, -0.15) is 0 Å². The number of unbranched alkanes of at least 4 members (excludes halogenated alkanes) is 60. The number of carbonyl (C=O) groups is 2. The van der Waals surface area contributed by atoms with Crippen molar-refractivity contribution in [3.05, 3.63) is 24.3 Å². The van der Waals surface area contributed by atoms with Crippen molar-refractivity contribution in [1.29, 1.82) is 0 Å². The van der Waals surface area contributed by atoms with Crippen LogP contribution in [-0.4, -0.2) is 47.4 Å². The van der Waals surface area contributed by atoms with Crippen molar-refractivity contribution < 1.29 is 24.5 Å². The van der Waals surface area contributed by atoms with Gasteiger partial charge < -0.3 is 20.3 Å². The van der Waals surface area contributed by atoms with Crippen LogP contribution in [0.4, 0.5) is 0 Å². The van der Waals surface area contributed by atoms with E-state index in [0.717, 1.165) is 44.9 Å². The molecule has 0 heterocycles. The van der Waals surface area contributed by atoms with Gasteiger partial charge in [0, 0.05) is 12.8 Å². The number of hydrogen-bond donors (Lipinski definition) is 3. The second-order valence-corrected chi connectivity index (χ2v) is 27.4. The number of ether oxygens (including phenoxy) is 1. The Morgan fingerprint density at radius 1 is 0.314 bits per heavy atom. The molecule has 0 rings (SSSR count). The first-order valence-corrected chi connectivity index (χ1v) is 39.6. The molecule has 510 valence electrons. The fraction of sp³-hybridized carbons (Fsp3) is 0.925. The minimum atomic E-state index is -0.662. The predicted molar refractivity (Wildman–Crippen MR) is 380 cm³/mol. The number of allylic oxidation sites excluding steroid dienone is 4. The molecule has 6 nitrogen and oxygen atoms in total. The van der Waals surface area contributed by atoms with E-state index in [0.29, 0.717) is 25.9 Å². The van der Waals surface area contributed by atoms with Crippen molar-refractivity contribution in [2.24, 2.45) is 0 Å². The number of esters is 1. The van der Waals surface area contributed by atoms with E-state index < -0.39 is 12.1 Å². The normalized spacial score (nSPS) is 12.6. The summed E-state index contributed by atoms with van der Waals surface area (Å²) in [6, 6.07) is -0.539. The summed E-state index contributed by atoms with van der Waals surface area (Å²) in [7, 11) is 0. The van der Waals surface area contributed by atoms with E-state index in [1.807, 2.05) is 0 Å². The van der Waals surface area contributed by atoms with E-state index in [9.17, 15) is 19.8 Å². The molecule has 0 saturated heterocycles. The number of rotatable bonds is 75. The molecule has 6 heteroatoms. The number of aliphatic hydroxyl groups is 2. The van der Waals surface area contributed by atoms with Crippen LogP contribution in [0, 0.1) is 0 Å². The number of hydrogen-bond acceptors (Lipinski definition) is 5. The molecule has 0 spiro atoms. The molecule has 0 aromatic rings. The van der Waals surface area contributed by atoms with Crippen LogP contribution in [0.25, 0.3) is 0 Å². The zero-order valence-electron chi connectivity index (χ0n) is 58.6. The van der Waals surface area contributed by atoms with Crippen molar-refractivity contribution in [3.8, 4) is 0 Å². The van der Waals surface area contributed by atoms with Crippen LogP contribution in [0.15, 0.2) is 24.3 Å². The first-order valence-electron chi connectivity index (χ1n) is 39.6. The standard InChI is InChI=1S/C80H155NO5/c1-3-5-7-9-11-13-15-17-19-21-40-44-48-52-56-60-64-68-72-78(83)77(76-82)81-79(84)73-69-65-61-57-53-49-45-41-38-36-34-32-30-28-26-24-23-25-27-29-31-33-35-37-39-43-47-51-55-59-63-67-71-75-86-80(85)74-70-66-62-58-54-50-46-42-22-20-18-16-14-12-10-8-6-4-2/h20,22,27,29,77-78,82-83H,3-19,21,23-26,28,30-76H2,1-2H3,(H,81,84)/b22-20-,29-27-. The quantitative estimate of drug-likeness (QED) is 0.0320. The second-order valence-electron chi connectivity index (χ2n) is 27.4. The van der Waals surface area contributed by atoms with Crippen LogP contribution in [0.5, 0.6) is 0 Å². The first-order chi connectivity index (χ1) is 42.5. The van der Waals surface area contributed by atoms with Crippen LogP contribution >= 0.6 is 0 Å². The lowest BCUT2D eigenvalue weighted by Gasteiger charge is -2.22. The summed E-state index contributed by atoms with van der Waals surface area (Å²) in [5, 5.41) is 23.4. The zero-order valence-corrected chi connectivity index (χ0v) is 58.6. The average molecular weight is 1210 g/mol. The fourth-order valence-corrected chi connectivity index (χ4v) is 12.7. The number of nitrogens with one attached hydrogen (secondary N) is 1. The molecule has 0 aromatic carbocycles. The van der Waals surface area contributed by atoms with Crippen LogP contribution < -0.4 is 5.32 Å². The Hall–Kier alpha value is -1.66. The van der Waals surface area contributed by atoms with Crippen LogP contribution in [0.3, 0.4) is 0 Å². The van der Waals surface area contributed by atoms with E-state index in [1.54, 1.807) is 0 Å². The van der Waals surface area contributed by atoms with Crippen molar-refractivity contribution in [3.63, 3.8) is 0 Å². The van der Waals surface area contributed by atoms with Gasteiger partial charge in [0.15, 0.2) is 0 Å². The van der Waals surface area contributed by atoms with Crippen molar-refractivity contribution >= 4 is 11.9 Å². The minimum absolute atomic E-state index is 0.0168. The van der Waals surface area contributed by atoms with Crippen molar-refractivity contribution in [2.45, 2.75) is 463 Å². The number of carbonyl (C=O) groups excluding carboxylic acids is 2. The Morgan fingerprint density at radius 3 is 0.826 bits per heavy atom. The Kier molecular flexibility index (Phi) is 74.3. The van der Waals surface area contributed by atoms with Crippen LogP contribution in [0.1, 0.15) is 450 Å². The molecule has 0 aromatic heterocycles. The van der Waals surface area contributed by atoms with Crippen LogP contribution in [-0.2, 0) is 14.3 Å². The maximum absolute atomic E-state index is 12.5. The summed E-state index contributed by atoms with van der Waals surface area (Å²) >= 11 is 0. The third-order valence-electron chi connectivity index (χ3n) is 18.7. The fourth-order valence-electron chi connectivity index (χ4n) is 12.7. The van der Waals surface area contributed by atoms with E-state index in [1.165, 1.54) is 372 Å². The summed E-state index contributed by atoms with van der Waals surface area (Å²) < 4.78 is 5.51. The van der Waals surface area contributed by atoms with E-state index in [2.05, 4.69) is 43.5 Å². The zero-order chi connectivity index (χ0) is 62.0. The lowest BCUT2D eigenvalue weighted by atomic mass is 10.0. The predicted octanol–water partition coefficient (Wildman–Crippen LogP) is 26.0. The molecule has 0 aliphatic rings. The molecular formula is C80H155NO5. The van der Waals surface area contributed by atoms with Gasteiger partial charge in [-0.05, 0) is 77.0 Å². The third kappa shape index (κ3) is 71.4. The highest BCUT2D eigenvalue weighted by Gasteiger charge is 2.20. The van der Waals surface area contributed by atoms with Gasteiger partial charge in [0.05, 0.1) is 25.4 Å². The third-order valence-corrected chi connectivity index (χ3v) is 18.7. The maximum Gasteiger partial charge on any atom is 0.305 e. The largest absolute Gasteiger partial charge is 0.466 e. The van der Waals surface area contributed by atoms with Gasteiger partial charge in [-0.25, -0.2) is 0 Å². The van der Waals surface area contributed by atoms with E-state index >= 15 is 0 Å². The van der Waals surface area contributed by atoms with Gasteiger partial charge in [0.2, 0.25) is 5.91 Å². The van der Waals surface area contributed by atoms with Gasteiger partial charge in [0.1, 0.15) is 0 Å². The Bertz CT molecular complexity index is 1350. The van der Waals surface area contributed by atoms with E-state index in [4.69, 9.17) is 4.74 Å². The highest BCUT2D eigenvalue weighted by molar-refractivity contribution is 5.76. The average Bonchev–Trinajstić information content (AvgIpc) is 3.54. The van der Waals surface area contributed by atoms with Gasteiger partial charge in [-0.3, -0.25) is 9.59 Å². The maximum atomic E-state index is 12.5. The minimum Gasteiger partial charge on any atom is -0.466 e. The smallest absolute Gasteiger partial charge is 0.305 e. The van der Waals surface area contributed by atoms with Gasteiger partial charge in [0.25, 0.3) is 0 Å². The molecule has 3 N–H and O–H groups in total. The summed E-state index contributed by atoms with van der Waals surface area (Å²) in [4.78, 5) is 24.7. The molecule has 0 aliphatic heterocycles. The molecule has 2 unspecified atom stereocenters. The lowest BCUT2D eigenvalue weighted by molar-refractivity contribution is -0.143. The molecule has 2 atom stereocenters. The highest BCUT2D eigenvalue weighted by Crippen LogP contribution is 2.20. The molecule has 1 amide bonds. The Morgan fingerprint density at radius 2 is 0.547 bits per heavy atom. The molecule has 0 radical (unpaired) electrons. The SMILES string of the molecule is CCCCCCCCC/C=C\CCCCCCCCCC(=O)OCCCCCCCCCCCCCC/C=C\CCCCCCCCCCCCCCCCCCCC(=O)NC(CO)C(O)CCCCCCCCCCCCCCCCCCCC. The van der Waals surface area contributed by atoms with Gasteiger partial charge >= 0.3 is 5.97 Å². The topological polar surface area (TPSA) is 95.9 Å². The van der Waals surface area contributed by atoms with Crippen molar-refractivity contribution in [1.82, 2.24) is 5.32 Å². The summed E-state index contributed by atoms with van der Waals surface area (Å²) in [5.74, 6) is -0.0105. The molecular weight excluding hydrogens is 1050 g/mol. The summed E-state index contributed by atoms with van der Waals surface area (Å²) in [5.41, 5.74) is 0. The Balaban J connectivity index is 3.34. The highest BCUT2D eigenvalue weighted by atomic mass is 16.5. The molecule has 86 heavy (non-hydrogen) atoms. The van der Waals surface area contributed by atoms with Gasteiger partial charge in [-0.1, -0.05) is 385 Å². The summed E-state index contributed by atoms with van der Waals surface area (Å²) in [6.45, 7) is 5.00. The molecule has 0 aliphatic carbocycles. The monoisotopic (exact) mass is 1210 g/mol. The van der Waals surface area contributed by atoms with Crippen LogP contribution in [0.2, 0.25) is 0 Å². The Labute approximate surface area is 539 Å². The van der Waals surface area contributed by atoms with Gasteiger partial charge in [-0.15, -0.1) is 0 Å². The van der Waals surface area contributed by atoms with Crippen molar-refractivity contribution in [2.75, 3.05) is 13.2 Å². The van der Waals surface area contributed by atoms with E-state index in [-0.39, 0.29) is 18.5 Å². The number of amides is 1. The first kappa shape index (κ1) is 84.3. The number of aliphatic hydroxyl groups excluding tert-OH is 2.